The minimum atomic E-state index is -0.0955. The van der Waals surface area contributed by atoms with Crippen molar-refractivity contribution >= 4 is 0 Å². The lowest BCUT2D eigenvalue weighted by Gasteiger charge is -2.25. The van der Waals surface area contributed by atoms with Crippen LogP contribution in [0.1, 0.15) is 37.8 Å². The van der Waals surface area contributed by atoms with Gasteiger partial charge in [0, 0.05) is 11.6 Å². The highest BCUT2D eigenvalue weighted by Crippen LogP contribution is 2.22. The number of hydrogen-bond donors (Lipinski definition) is 1. The van der Waals surface area contributed by atoms with Crippen molar-refractivity contribution in [2.45, 2.75) is 32.2 Å². The summed E-state index contributed by atoms with van der Waals surface area (Å²) in [5.41, 5.74) is 0.799. The molecule has 2 unspecified atom stereocenters. The van der Waals surface area contributed by atoms with Gasteiger partial charge in [-0.3, -0.25) is 4.90 Å². The Balaban J connectivity index is 1.78. The third-order valence-electron chi connectivity index (χ3n) is 4.30. The molecular weight excluding hydrogens is 239 g/mol. The largest absolute Gasteiger partial charge is 0.316 e. The Morgan fingerprint density at radius 3 is 2.89 bits per heavy atom. The SMILES string of the molecule is CC(c1ccccc1F)N(C)CCCC1CCNC1. The maximum atomic E-state index is 13.7. The summed E-state index contributed by atoms with van der Waals surface area (Å²) in [5, 5.41) is 3.40. The Labute approximate surface area is 116 Å². The molecule has 1 N–H and O–H groups in total. The summed E-state index contributed by atoms with van der Waals surface area (Å²) in [6, 6.07) is 7.23. The molecule has 0 aromatic heterocycles. The van der Waals surface area contributed by atoms with Gasteiger partial charge in [-0.05, 0) is 64.9 Å². The van der Waals surface area contributed by atoms with Gasteiger partial charge in [0.2, 0.25) is 0 Å². The summed E-state index contributed by atoms with van der Waals surface area (Å²) < 4.78 is 13.7. The summed E-state index contributed by atoms with van der Waals surface area (Å²) in [7, 11) is 2.09. The predicted octanol–water partition coefficient (Wildman–Crippen LogP) is 3.21. The second-order valence-electron chi connectivity index (χ2n) is 5.68. The number of benzene rings is 1. The Kier molecular flexibility index (Phi) is 5.34. The molecular formula is C16H25FN2. The molecule has 1 saturated heterocycles. The molecule has 106 valence electrons. The number of rotatable bonds is 6. The molecule has 2 atom stereocenters. The van der Waals surface area contributed by atoms with Crippen LogP contribution in [0, 0.1) is 11.7 Å². The van der Waals surface area contributed by atoms with Crippen LogP contribution in [-0.4, -0.2) is 31.6 Å². The molecule has 0 amide bonds. The van der Waals surface area contributed by atoms with Crippen LogP contribution in [0.15, 0.2) is 24.3 Å². The van der Waals surface area contributed by atoms with E-state index in [-0.39, 0.29) is 11.9 Å². The van der Waals surface area contributed by atoms with Crippen LogP contribution in [0.25, 0.3) is 0 Å². The molecule has 0 radical (unpaired) electrons. The second kappa shape index (κ2) is 7.01. The topological polar surface area (TPSA) is 15.3 Å². The van der Waals surface area contributed by atoms with Crippen molar-refractivity contribution in [1.29, 1.82) is 0 Å². The Morgan fingerprint density at radius 1 is 1.42 bits per heavy atom. The molecule has 1 aliphatic rings. The lowest BCUT2D eigenvalue weighted by Crippen LogP contribution is -2.24. The van der Waals surface area contributed by atoms with Crippen molar-refractivity contribution in [3.8, 4) is 0 Å². The zero-order valence-electron chi connectivity index (χ0n) is 12.0. The summed E-state index contributed by atoms with van der Waals surface area (Å²) in [4.78, 5) is 2.25. The zero-order chi connectivity index (χ0) is 13.7. The fourth-order valence-electron chi connectivity index (χ4n) is 2.84. The molecule has 0 saturated carbocycles. The van der Waals surface area contributed by atoms with Crippen LogP contribution in [-0.2, 0) is 0 Å². The minimum Gasteiger partial charge on any atom is -0.316 e. The first-order valence-electron chi connectivity index (χ1n) is 7.34. The third-order valence-corrected chi connectivity index (χ3v) is 4.30. The number of nitrogens with zero attached hydrogens (tertiary/aromatic N) is 1. The summed E-state index contributed by atoms with van der Waals surface area (Å²) >= 11 is 0. The average Bonchev–Trinajstić information content (AvgIpc) is 2.91. The monoisotopic (exact) mass is 264 g/mol. The molecule has 19 heavy (non-hydrogen) atoms. The van der Waals surface area contributed by atoms with E-state index >= 15 is 0 Å². The van der Waals surface area contributed by atoms with Gasteiger partial charge in [-0.15, -0.1) is 0 Å². The molecule has 1 aromatic rings. The summed E-state index contributed by atoms with van der Waals surface area (Å²) in [6.45, 7) is 5.46. The van der Waals surface area contributed by atoms with Gasteiger partial charge in [0.25, 0.3) is 0 Å². The van der Waals surface area contributed by atoms with E-state index in [1.807, 2.05) is 12.1 Å². The van der Waals surface area contributed by atoms with Crippen LogP contribution in [0.4, 0.5) is 4.39 Å². The van der Waals surface area contributed by atoms with Gasteiger partial charge >= 0.3 is 0 Å². The lowest BCUT2D eigenvalue weighted by atomic mass is 10.0. The van der Waals surface area contributed by atoms with E-state index in [1.165, 1.54) is 32.4 Å². The fourth-order valence-corrected chi connectivity index (χ4v) is 2.84. The summed E-state index contributed by atoms with van der Waals surface area (Å²) in [6.07, 6.45) is 3.79. The second-order valence-corrected chi connectivity index (χ2v) is 5.68. The first kappa shape index (κ1) is 14.5. The highest BCUT2D eigenvalue weighted by Gasteiger charge is 2.17. The Bertz CT molecular complexity index is 388. The maximum absolute atomic E-state index is 13.7. The van der Waals surface area contributed by atoms with Crippen LogP contribution in [0.2, 0.25) is 0 Å². The molecule has 0 bridgehead atoms. The van der Waals surface area contributed by atoms with Crippen LogP contribution < -0.4 is 5.32 Å². The van der Waals surface area contributed by atoms with Crippen molar-refractivity contribution < 1.29 is 4.39 Å². The van der Waals surface area contributed by atoms with E-state index in [1.54, 1.807) is 12.1 Å². The molecule has 0 spiro atoms. The zero-order valence-corrected chi connectivity index (χ0v) is 12.0. The van der Waals surface area contributed by atoms with Crippen molar-refractivity contribution in [2.75, 3.05) is 26.7 Å². The Hall–Kier alpha value is -0.930. The van der Waals surface area contributed by atoms with E-state index in [2.05, 4.69) is 24.2 Å². The lowest BCUT2D eigenvalue weighted by molar-refractivity contribution is 0.245. The quantitative estimate of drug-likeness (QED) is 0.849. The number of nitrogens with one attached hydrogen (secondary N) is 1. The molecule has 3 heteroatoms. The van der Waals surface area contributed by atoms with Gasteiger partial charge in [0.15, 0.2) is 0 Å². The van der Waals surface area contributed by atoms with Crippen LogP contribution in [0.5, 0.6) is 0 Å². The first-order chi connectivity index (χ1) is 9.18. The standard InChI is InChI=1S/C16H25FN2/c1-13(15-7-3-4-8-16(15)17)19(2)11-5-6-14-9-10-18-12-14/h3-4,7-8,13-14,18H,5-6,9-12H2,1-2H3. The molecule has 0 aliphatic carbocycles. The van der Waals surface area contributed by atoms with Gasteiger partial charge < -0.3 is 5.32 Å². The molecule has 1 heterocycles. The summed E-state index contributed by atoms with van der Waals surface area (Å²) in [5.74, 6) is 0.749. The highest BCUT2D eigenvalue weighted by molar-refractivity contribution is 5.20. The van der Waals surface area contributed by atoms with Gasteiger partial charge in [0.05, 0.1) is 0 Å². The van der Waals surface area contributed by atoms with Crippen molar-refractivity contribution in [1.82, 2.24) is 10.2 Å². The molecule has 1 aromatic carbocycles. The van der Waals surface area contributed by atoms with E-state index < -0.39 is 0 Å². The predicted molar refractivity (Wildman–Crippen MR) is 77.7 cm³/mol. The van der Waals surface area contributed by atoms with E-state index in [0.29, 0.717) is 0 Å². The number of halogens is 1. The van der Waals surface area contributed by atoms with Gasteiger partial charge in [-0.25, -0.2) is 4.39 Å². The highest BCUT2D eigenvalue weighted by atomic mass is 19.1. The average molecular weight is 264 g/mol. The minimum absolute atomic E-state index is 0.0955. The van der Waals surface area contributed by atoms with Crippen LogP contribution in [0.3, 0.4) is 0 Å². The van der Waals surface area contributed by atoms with E-state index in [4.69, 9.17) is 0 Å². The molecule has 1 fully saturated rings. The van der Waals surface area contributed by atoms with Crippen molar-refractivity contribution in [2.24, 2.45) is 5.92 Å². The van der Waals surface area contributed by atoms with E-state index in [9.17, 15) is 4.39 Å². The normalized spacial score (nSPS) is 20.9. The van der Waals surface area contributed by atoms with Gasteiger partial charge in [-0.2, -0.15) is 0 Å². The molecule has 1 aliphatic heterocycles. The van der Waals surface area contributed by atoms with Gasteiger partial charge in [-0.1, -0.05) is 18.2 Å². The Morgan fingerprint density at radius 2 is 2.21 bits per heavy atom. The van der Waals surface area contributed by atoms with Crippen molar-refractivity contribution in [3.63, 3.8) is 0 Å². The van der Waals surface area contributed by atoms with Crippen LogP contribution >= 0.6 is 0 Å². The third kappa shape index (κ3) is 4.02. The maximum Gasteiger partial charge on any atom is 0.127 e. The van der Waals surface area contributed by atoms with Crippen molar-refractivity contribution in [3.05, 3.63) is 35.6 Å². The fraction of sp³-hybridized carbons (Fsp3) is 0.625. The number of hydrogen-bond acceptors (Lipinski definition) is 2. The molecule has 2 nitrogen and oxygen atoms in total. The van der Waals surface area contributed by atoms with Gasteiger partial charge in [0.1, 0.15) is 5.82 Å². The first-order valence-corrected chi connectivity index (χ1v) is 7.34. The molecule has 2 rings (SSSR count). The van der Waals surface area contributed by atoms with E-state index in [0.717, 1.165) is 18.0 Å². The smallest absolute Gasteiger partial charge is 0.127 e.